The number of carbonyl (C=O) groups excluding carboxylic acids is 1. The van der Waals surface area contributed by atoms with Crippen molar-refractivity contribution in [2.75, 3.05) is 0 Å². The highest BCUT2D eigenvalue weighted by atomic mass is 79.9. The summed E-state index contributed by atoms with van der Waals surface area (Å²) in [7, 11) is 1.91. The molecule has 0 spiro atoms. The van der Waals surface area contributed by atoms with E-state index < -0.39 is 0 Å². The average molecular weight is 436 g/mol. The first kappa shape index (κ1) is 18.2. The molecule has 0 bridgehead atoms. The maximum absolute atomic E-state index is 12.9. The van der Waals surface area contributed by atoms with Gasteiger partial charge >= 0.3 is 0 Å². The smallest absolute Gasteiger partial charge is 0.270 e. The number of hydrogen-bond donors (Lipinski definition) is 2. The molecule has 2 heterocycles. The van der Waals surface area contributed by atoms with Crippen LogP contribution in [0.4, 0.5) is 0 Å². The highest BCUT2D eigenvalue weighted by Crippen LogP contribution is 2.23. The van der Waals surface area contributed by atoms with Crippen LogP contribution in [0.5, 0.6) is 0 Å². The Labute approximate surface area is 170 Å². The van der Waals surface area contributed by atoms with Crippen molar-refractivity contribution in [1.29, 1.82) is 0 Å². The molecule has 0 aliphatic carbocycles. The van der Waals surface area contributed by atoms with Gasteiger partial charge in [-0.1, -0.05) is 58.4 Å². The van der Waals surface area contributed by atoms with Crippen molar-refractivity contribution in [3.8, 4) is 11.3 Å². The molecule has 4 aromatic rings. The third-order valence-corrected chi connectivity index (χ3v) is 5.02. The number of halogens is 1. The predicted molar refractivity (Wildman–Crippen MR) is 111 cm³/mol. The lowest BCUT2D eigenvalue weighted by Gasteiger charge is -2.18. The van der Waals surface area contributed by atoms with E-state index in [1.807, 2.05) is 72.4 Å². The Balaban J connectivity index is 1.60. The Hall–Kier alpha value is -3.19. The molecule has 6 nitrogen and oxygen atoms in total. The molecule has 1 atom stereocenters. The minimum Gasteiger partial charge on any atom is -0.337 e. The monoisotopic (exact) mass is 435 g/mol. The van der Waals surface area contributed by atoms with E-state index in [4.69, 9.17) is 0 Å². The largest absolute Gasteiger partial charge is 0.337 e. The number of H-pyrrole nitrogens is 1. The number of aryl methyl sites for hydroxylation is 1. The predicted octanol–water partition coefficient (Wildman–Crippen LogP) is 4.09. The number of rotatable bonds is 5. The maximum Gasteiger partial charge on any atom is 0.270 e. The molecule has 0 unspecified atom stereocenters. The number of amides is 1. The second-order valence-corrected chi connectivity index (χ2v) is 7.30. The van der Waals surface area contributed by atoms with Gasteiger partial charge < -0.3 is 9.88 Å². The first-order chi connectivity index (χ1) is 13.6. The number of carbonyl (C=O) groups is 1. The molecule has 1 amide bonds. The molecule has 0 saturated heterocycles. The summed E-state index contributed by atoms with van der Waals surface area (Å²) in [4.78, 5) is 17.3. The molecule has 140 valence electrons. The molecule has 28 heavy (non-hydrogen) atoms. The van der Waals surface area contributed by atoms with Gasteiger partial charge in [-0.25, -0.2) is 4.98 Å². The molecule has 0 fully saturated rings. The molecule has 0 aliphatic heterocycles. The Bertz CT molecular complexity index is 1090. The number of nitrogens with one attached hydrogen (secondary N) is 2. The van der Waals surface area contributed by atoms with Crippen molar-refractivity contribution < 1.29 is 4.79 Å². The standard InChI is InChI=1S/C21H18BrN5O/c1-27-12-11-23-20(27)19(15-5-3-2-4-6-15)24-21(28)18-13-17(25-26-18)14-7-9-16(22)10-8-14/h2-13,19H,1H3,(H,24,28)(H,25,26)/t19-/m0/s1. The highest BCUT2D eigenvalue weighted by Gasteiger charge is 2.22. The van der Waals surface area contributed by atoms with Gasteiger partial charge in [0.2, 0.25) is 0 Å². The molecule has 2 aromatic heterocycles. The van der Waals surface area contributed by atoms with Crippen LogP contribution in [0, 0.1) is 0 Å². The summed E-state index contributed by atoms with van der Waals surface area (Å²) in [6.45, 7) is 0. The molecular formula is C21H18BrN5O. The number of nitrogens with zero attached hydrogens (tertiary/aromatic N) is 3. The van der Waals surface area contributed by atoms with Crippen LogP contribution in [0.25, 0.3) is 11.3 Å². The van der Waals surface area contributed by atoms with Gasteiger partial charge in [-0.2, -0.15) is 5.10 Å². The van der Waals surface area contributed by atoms with Crippen LogP contribution in [0.1, 0.15) is 27.9 Å². The van der Waals surface area contributed by atoms with E-state index in [9.17, 15) is 4.79 Å². The summed E-state index contributed by atoms with van der Waals surface area (Å²) in [5.74, 6) is 0.514. The number of aromatic amines is 1. The third-order valence-electron chi connectivity index (χ3n) is 4.49. The Morgan fingerprint density at radius 3 is 2.57 bits per heavy atom. The third kappa shape index (κ3) is 3.75. The van der Waals surface area contributed by atoms with Crippen LogP contribution in [-0.4, -0.2) is 25.7 Å². The van der Waals surface area contributed by atoms with Crippen LogP contribution in [0.2, 0.25) is 0 Å². The van der Waals surface area contributed by atoms with Gasteiger partial charge in [0.1, 0.15) is 17.6 Å². The average Bonchev–Trinajstić information content (AvgIpc) is 3.37. The zero-order valence-corrected chi connectivity index (χ0v) is 16.7. The first-order valence-electron chi connectivity index (χ1n) is 8.76. The summed E-state index contributed by atoms with van der Waals surface area (Å²) >= 11 is 3.42. The Morgan fingerprint density at radius 2 is 1.89 bits per heavy atom. The number of aromatic nitrogens is 4. The molecule has 0 saturated carbocycles. The summed E-state index contributed by atoms with van der Waals surface area (Å²) < 4.78 is 2.89. The van der Waals surface area contributed by atoms with Gasteiger partial charge in [-0.05, 0) is 23.8 Å². The van der Waals surface area contributed by atoms with E-state index in [0.29, 0.717) is 11.4 Å². The minimum atomic E-state index is -0.367. The minimum absolute atomic E-state index is 0.243. The van der Waals surface area contributed by atoms with Crippen LogP contribution in [-0.2, 0) is 7.05 Å². The summed E-state index contributed by atoms with van der Waals surface area (Å²) in [6, 6.07) is 18.9. The topological polar surface area (TPSA) is 75.6 Å². The van der Waals surface area contributed by atoms with Gasteiger partial charge in [0.05, 0.1) is 5.69 Å². The number of benzene rings is 2. The van der Waals surface area contributed by atoms with E-state index in [0.717, 1.165) is 21.4 Å². The number of imidazole rings is 1. The molecule has 0 radical (unpaired) electrons. The van der Waals surface area contributed by atoms with Gasteiger partial charge in [0.15, 0.2) is 0 Å². The van der Waals surface area contributed by atoms with Gasteiger partial charge in [0, 0.05) is 29.5 Å². The van der Waals surface area contributed by atoms with E-state index in [1.54, 1.807) is 12.3 Å². The second kappa shape index (κ2) is 7.82. The Morgan fingerprint density at radius 1 is 1.14 bits per heavy atom. The van der Waals surface area contributed by atoms with Crippen molar-refractivity contribution in [1.82, 2.24) is 25.1 Å². The van der Waals surface area contributed by atoms with Gasteiger partial charge in [-0.15, -0.1) is 0 Å². The van der Waals surface area contributed by atoms with Crippen LogP contribution < -0.4 is 5.32 Å². The fourth-order valence-corrected chi connectivity index (χ4v) is 3.28. The van der Waals surface area contributed by atoms with Gasteiger partial charge in [-0.3, -0.25) is 9.89 Å². The van der Waals surface area contributed by atoms with Crippen LogP contribution >= 0.6 is 15.9 Å². The Kier molecular flexibility index (Phi) is 5.08. The van der Waals surface area contributed by atoms with E-state index in [-0.39, 0.29) is 11.9 Å². The van der Waals surface area contributed by atoms with Crippen molar-refractivity contribution in [3.05, 3.63) is 94.6 Å². The molecular weight excluding hydrogens is 418 g/mol. The molecule has 0 aliphatic rings. The van der Waals surface area contributed by atoms with E-state index in [1.165, 1.54) is 0 Å². The van der Waals surface area contributed by atoms with Crippen LogP contribution in [0.15, 0.2) is 77.5 Å². The summed E-state index contributed by atoms with van der Waals surface area (Å²) in [5.41, 5.74) is 3.00. The zero-order valence-electron chi connectivity index (χ0n) is 15.1. The van der Waals surface area contributed by atoms with Crippen molar-refractivity contribution in [2.24, 2.45) is 7.05 Å². The highest BCUT2D eigenvalue weighted by molar-refractivity contribution is 9.10. The second-order valence-electron chi connectivity index (χ2n) is 6.39. The maximum atomic E-state index is 12.9. The summed E-state index contributed by atoms with van der Waals surface area (Å²) in [6.07, 6.45) is 3.58. The molecule has 7 heteroatoms. The van der Waals surface area contributed by atoms with Crippen molar-refractivity contribution >= 4 is 21.8 Å². The fraction of sp³-hybridized carbons (Fsp3) is 0.0952. The SMILES string of the molecule is Cn1ccnc1[C@@H](NC(=O)c1cc(-c2ccc(Br)cc2)n[nH]1)c1ccccc1. The lowest BCUT2D eigenvalue weighted by molar-refractivity contribution is 0.0936. The quantitative estimate of drug-likeness (QED) is 0.495. The zero-order chi connectivity index (χ0) is 19.5. The normalized spacial score (nSPS) is 11.9. The van der Waals surface area contributed by atoms with Crippen molar-refractivity contribution in [2.45, 2.75) is 6.04 Å². The fourth-order valence-electron chi connectivity index (χ4n) is 3.01. The van der Waals surface area contributed by atoms with E-state index >= 15 is 0 Å². The van der Waals surface area contributed by atoms with E-state index in [2.05, 4.69) is 36.4 Å². The van der Waals surface area contributed by atoms with Gasteiger partial charge in [0.25, 0.3) is 5.91 Å². The van der Waals surface area contributed by atoms with Crippen LogP contribution in [0.3, 0.4) is 0 Å². The molecule has 2 aromatic carbocycles. The molecule has 4 rings (SSSR count). The summed E-state index contributed by atoms with van der Waals surface area (Å²) in [5, 5.41) is 10.2. The molecule has 2 N–H and O–H groups in total. The first-order valence-corrected chi connectivity index (χ1v) is 9.55. The van der Waals surface area contributed by atoms with Crippen molar-refractivity contribution in [3.63, 3.8) is 0 Å². The lowest BCUT2D eigenvalue weighted by Crippen LogP contribution is -2.31. The lowest BCUT2D eigenvalue weighted by atomic mass is 10.1. The number of hydrogen-bond acceptors (Lipinski definition) is 3.